The molecular weight excluding hydrogens is 715 g/mol. The zero-order chi connectivity index (χ0) is 29.4. The molecule has 0 N–H and O–H groups in total. The summed E-state index contributed by atoms with van der Waals surface area (Å²) in [6.45, 7) is 6.66. The number of hydrogen-bond donors (Lipinski definition) is 0. The summed E-state index contributed by atoms with van der Waals surface area (Å²) < 4.78 is 4.31. The summed E-state index contributed by atoms with van der Waals surface area (Å²) in [5.41, 5.74) is 12.8. The Morgan fingerprint density at radius 2 is 1.36 bits per heavy atom. The molecule has 2 aliphatic rings. The molecule has 0 unspecified atom stereocenters. The van der Waals surface area contributed by atoms with Crippen LogP contribution in [0.1, 0.15) is 30.5 Å². The van der Waals surface area contributed by atoms with Crippen molar-refractivity contribution in [3.63, 3.8) is 0 Å². The number of para-hydroxylation sites is 3. The number of hydrogen-bond acceptors (Lipinski definition) is 1. The molecule has 1 aliphatic heterocycles. The molecule has 0 spiro atoms. The molecule has 5 aromatic carbocycles. The molecule has 3 nitrogen and oxygen atoms in total. The third kappa shape index (κ3) is 5.18. The Balaban J connectivity index is 0.000000207. The second-order valence-corrected chi connectivity index (χ2v) is 11.4. The SMILES string of the molecule is CC1(C)c2ccccc2-c2cc[c-]c([N+]3=C=[N+](c4ccccc4)c4ccccc43)c21.Cc1ccc(-c2[c-]cccc2)nc1.[Ir]. The Bertz CT molecular complexity index is 2020. The zero-order valence-corrected chi connectivity index (χ0v) is 27.3. The minimum absolute atomic E-state index is 0. The average Bonchev–Trinajstić information content (AvgIpc) is 3.56. The Morgan fingerprint density at radius 3 is 2.09 bits per heavy atom. The number of aromatic nitrogens is 1. The molecule has 0 saturated carbocycles. The molecule has 2 heterocycles. The van der Waals surface area contributed by atoms with Gasteiger partial charge in [0.15, 0.2) is 0 Å². The van der Waals surface area contributed by atoms with E-state index >= 15 is 0 Å². The van der Waals surface area contributed by atoms with Crippen LogP contribution < -0.4 is 9.15 Å². The average molecular weight is 746 g/mol. The second kappa shape index (κ2) is 12.1. The van der Waals surface area contributed by atoms with E-state index in [1.165, 1.54) is 27.8 Å². The number of aryl methyl sites for hydroxylation is 1. The van der Waals surface area contributed by atoms with Crippen LogP contribution in [0.5, 0.6) is 0 Å². The fourth-order valence-corrected chi connectivity index (χ4v) is 6.09. The van der Waals surface area contributed by atoms with E-state index in [0.29, 0.717) is 0 Å². The van der Waals surface area contributed by atoms with Gasteiger partial charge in [0, 0.05) is 50.6 Å². The van der Waals surface area contributed by atoms with Gasteiger partial charge in [-0.25, -0.2) is 0 Å². The van der Waals surface area contributed by atoms with Gasteiger partial charge in [-0.15, -0.1) is 47.5 Å². The smallest absolute Gasteiger partial charge is 0.304 e. The molecule has 0 saturated heterocycles. The molecule has 0 bridgehead atoms. The van der Waals surface area contributed by atoms with Crippen molar-refractivity contribution < 1.29 is 20.1 Å². The summed E-state index contributed by atoms with van der Waals surface area (Å²) in [5.74, 6) is 0. The van der Waals surface area contributed by atoms with Gasteiger partial charge in [-0.1, -0.05) is 90.7 Å². The minimum atomic E-state index is -0.101. The maximum Gasteiger partial charge on any atom is 0.501 e. The summed E-state index contributed by atoms with van der Waals surface area (Å²) in [6.07, 6.45) is 1.87. The second-order valence-electron chi connectivity index (χ2n) is 11.4. The molecule has 1 radical (unpaired) electrons. The summed E-state index contributed by atoms with van der Waals surface area (Å²) >= 11 is 0. The van der Waals surface area contributed by atoms with Gasteiger partial charge < -0.3 is 4.98 Å². The molecule has 8 rings (SSSR count). The Kier molecular flexibility index (Phi) is 8.08. The van der Waals surface area contributed by atoms with Crippen LogP contribution in [-0.4, -0.2) is 11.0 Å². The van der Waals surface area contributed by atoms with Gasteiger partial charge in [0.05, 0.1) is 0 Å². The monoisotopic (exact) mass is 746 g/mol. The van der Waals surface area contributed by atoms with Crippen molar-refractivity contribution in [2.45, 2.75) is 26.2 Å². The van der Waals surface area contributed by atoms with Crippen LogP contribution in [0.2, 0.25) is 0 Å². The maximum atomic E-state index is 4.32. The van der Waals surface area contributed by atoms with E-state index in [1.54, 1.807) is 0 Å². The zero-order valence-electron chi connectivity index (χ0n) is 24.9. The van der Waals surface area contributed by atoms with Crippen LogP contribution in [0.3, 0.4) is 0 Å². The molecular formula is C40H31IrN3. The third-order valence-electron chi connectivity index (χ3n) is 8.19. The Hall–Kier alpha value is -4.72. The van der Waals surface area contributed by atoms with Crippen molar-refractivity contribution in [2.75, 3.05) is 0 Å². The van der Waals surface area contributed by atoms with Crippen LogP contribution in [0.4, 0.5) is 22.7 Å². The largest absolute Gasteiger partial charge is 0.501 e. The molecule has 4 heteroatoms. The van der Waals surface area contributed by atoms with E-state index in [2.05, 4.69) is 131 Å². The quantitative estimate of drug-likeness (QED) is 0.130. The van der Waals surface area contributed by atoms with Crippen molar-refractivity contribution in [3.05, 3.63) is 162 Å². The van der Waals surface area contributed by atoms with Gasteiger partial charge in [-0.3, -0.25) is 0 Å². The van der Waals surface area contributed by atoms with Crippen LogP contribution >= 0.6 is 0 Å². The topological polar surface area (TPSA) is 18.9 Å². The predicted octanol–water partition coefficient (Wildman–Crippen LogP) is 9.50. The Morgan fingerprint density at radius 1 is 0.659 bits per heavy atom. The van der Waals surface area contributed by atoms with Crippen LogP contribution in [0.25, 0.3) is 22.4 Å². The summed E-state index contributed by atoms with van der Waals surface area (Å²) in [5, 5.41) is 0. The predicted molar refractivity (Wildman–Crippen MR) is 177 cm³/mol. The molecule has 1 aromatic heterocycles. The van der Waals surface area contributed by atoms with Gasteiger partial charge in [0.2, 0.25) is 5.69 Å². The van der Waals surface area contributed by atoms with Crippen LogP contribution in [0.15, 0.2) is 134 Å². The number of pyridine rings is 1. The molecule has 0 fully saturated rings. The number of fused-ring (bicyclic) bond motifs is 4. The summed E-state index contributed by atoms with van der Waals surface area (Å²) in [6, 6.07) is 54.1. The van der Waals surface area contributed by atoms with Crippen molar-refractivity contribution in [1.82, 2.24) is 14.1 Å². The molecule has 1 aliphatic carbocycles. The molecule has 215 valence electrons. The van der Waals surface area contributed by atoms with E-state index in [1.807, 2.05) is 55.6 Å². The number of benzene rings is 5. The molecule has 44 heavy (non-hydrogen) atoms. The maximum absolute atomic E-state index is 4.32. The van der Waals surface area contributed by atoms with E-state index in [4.69, 9.17) is 0 Å². The van der Waals surface area contributed by atoms with Gasteiger partial charge in [0.25, 0.3) is 11.4 Å². The van der Waals surface area contributed by atoms with Crippen molar-refractivity contribution >= 4 is 28.8 Å². The minimum Gasteiger partial charge on any atom is -0.304 e. The Labute approximate surface area is 272 Å². The first-order chi connectivity index (χ1) is 21.0. The van der Waals surface area contributed by atoms with E-state index < -0.39 is 0 Å². The molecule has 6 aromatic rings. The number of rotatable bonds is 3. The van der Waals surface area contributed by atoms with E-state index in [0.717, 1.165) is 34.0 Å². The fraction of sp³-hybridized carbons (Fsp3) is 0.100. The van der Waals surface area contributed by atoms with Gasteiger partial charge in [-0.2, -0.15) is 12.1 Å². The number of nitrogens with zero attached hydrogens (tertiary/aromatic N) is 3. The van der Waals surface area contributed by atoms with E-state index in [9.17, 15) is 0 Å². The van der Waals surface area contributed by atoms with Crippen molar-refractivity contribution in [3.8, 4) is 22.4 Å². The molecule has 0 amide bonds. The first kappa shape index (κ1) is 29.4. The molecule has 0 atom stereocenters. The third-order valence-corrected chi connectivity index (χ3v) is 8.19. The van der Waals surface area contributed by atoms with Crippen molar-refractivity contribution in [2.24, 2.45) is 0 Å². The normalized spacial score (nSPS) is 13.2. The first-order valence-corrected chi connectivity index (χ1v) is 14.6. The first-order valence-electron chi connectivity index (χ1n) is 14.6. The van der Waals surface area contributed by atoms with Crippen LogP contribution in [0, 0.1) is 19.1 Å². The van der Waals surface area contributed by atoms with Gasteiger partial charge in [-0.05, 0) is 39.3 Å². The van der Waals surface area contributed by atoms with Gasteiger partial charge in [0.1, 0.15) is 5.69 Å². The summed E-state index contributed by atoms with van der Waals surface area (Å²) in [4.78, 5) is 4.32. The standard InChI is InChI=1S/C28H21N2.C12H10N.Ir/c1-28(2)23-15-7-6-13-21(23)22-14-10-18-26(27(22)28)30-19-29(20-11-4-3-5-12-20)24-16-8-9-17-25(24)30;1-10-7-8-12(13-9-10)11-5-3-2-4-6-11;/h3-17H,1-2H3;2-5,7-9H,1H3;/q+1;-1;. The fourth-order valence-electron chi connectivity index (χ4n) is 6.09. The summed E-state index contributed by atoms with van der Waals surface area (Å²) in [7, 11) is 0. The van der Waals surface area contributed by atoms with E-state index in [-0.39, 0.29) is 25.5 Å². The van der Waals surface area contributed by atoms with Crippen molar-refractivity contribution in [1.29, 1.82) is 0 Å². The van der Waals surface area contributed by atoms with Gasteiger partial charge >= 0.3 is 6.01 Å². The van der Waals surface area contributed by atoms with Crippen LogP contribution in [-0.2, 0) is 25.5 Å².